The molecule has 9 heteroatoms. The molecule has 0 saturated heterocycles. The molecule has 0 radical (unpaired) electrons. The maximum atomic E-state index is 12.5. The molecule has 0 atom stereocenters. The number of carbonyl (C=O) groups is 4. The summed E-state index contributed by atoms with van der Waals surface area (Å²) in [7, 11) is 3.01. The first-order valence-corrected chi connectivity index (χ1v) is 18.3. The molecule has 0 fully saturated rings. The smallest absolute Gasteiger partial charge is 0.346 e. The van der Waals surface area contributed by atoms with Crippen LogP contribution in [0.15, 0.2) is 182 Å². The molecule has 0 bridgehead atoms. The molecule has 0 aliphatic heterocycles. The van der Waals surface area contributed by atoms with Crippen molar-refractivity contribution in [1.29, 1.82) is 0 Å². The summed E-state index contributed by atoms with van der Waals surface area (Å²) < 4.78 is 15.1. The standard InChI is InChI=1S/C22H14O3.2C14H12O3/c23-21(19-13-5-9-15-7-1-3-11-17(15)19)25-22(24)20-14-6-10-16-8-2-4-12-18(16)20;2*1-17-11-7-8-12(13(15)9-11)14(16)10-5-3-2-4-6-10/h1-14H;2*2-9,15H,1H3. The molecule has 2 N–H and O–H groups in total. The minimum Gasteiger partial charge on any atom is -0.507 e. The molecule has 8 rings (SSSR count). The first-order chi connectivity index (χ1) is 28.7. The molecule has 0 heterocycles. The van der Waals surface area contributed by atoms with Gasteiger partial charge >= 0.3 is 11.9 Å². The van der Waals surface area contributed by atoms with E-state index in [0.29, 0.717) is 33.8 Å². The van der Waals surface area contributed by atoms with Crippen molar-refractivity contribution in [2.75, 3.05) is 14.2 Å². The Morgan fingerprint density at radius 3 is 1.12 bits per heavy atom. The van der Waals surface area contributed by atoms with E-state index >= 15 is 0 Å². The Kier molecular flexibility index (Phi) is 13.2. The van der Waals surface area contributed by atoms with E-state index in [2.05, 4.69) is 0 Å². The van der Waals surface area contributed by atoms with Gasteiger partial charge < -0.3 is 24.4 Å². The third kappa shape index (κ3) is 9.86. The SMILES string of the molecule is COc1ccc(C(=O)c2ccccc2)c(O)c1.COc1ccc(C(=O)c2ccccc2)c(O)c1.O=C(OC(=O)c1cccc2ccccc12)c1cccc2ccccc12. The third-order valence-electron chi connectivity index (χ3n) is 9.18. The number of carbonyl (C=O) groups excluding carboxylic acids is 4. The van der Waals surface area contributed by atoms with Crippen LogP contribution in [0.1, 0.15) is 52.6 Å². The van der Waals surface area contributed by atoms with Crippen LogP contribution in [0.25, 0.3) is 21.5 Å². The molecular weight excluding hydrogens is 745 g/mol. The van der Waals surface area contributed by atoms with E-state index in [9.17, 15) is 29.4 Å². The van der Waals surface area contributed by atoms with E-state index in [1.165, 1.54) is 26.4 Å². The first kappa shape index (κ1) is 40.6. The highest BCUT2D eigenvalue weighted by atomic mass is 16.6. The lowest BCUT2D eigenvalue weighted by Gasteiger charge is -2.08. The lowest BCUT2D eigenvalue weighted by molar-refractivity contribution is 0.0400. The summed E-state index contributed by atoms with van der Waals surface area (Å²) in [5.41, 5.74) is 2.41. The normalized spacial score (nSPS) is 10.3. The number of aromatic hydroxyl groups is 2. The summed E-state index contributed by atoms with van der Waals surface area (Å²) in [5, 5.41) is 22.9. The molecule has 0 spiro atoms. The second kappa shape index (κ2) is 19.2. The van der Waals surface area contributed by atoms with Crippen LogP contribution in [0, 0.1) is 0 Å². The zero-order valence-electron chi connectivity index (χ0n) is 32.1. The molecule has 0 aliphatic carbocycles. The van der Waals surface area contributed by atoms with Crippen molar-refractivity contribution in [3.63, 3.8) is 0 Å². The van der Waals surface area contributed by atoms with Gasteiger partial charge in [0.1, 0.15) is 23.0 Å². The summed E-state index contributed by atoms with van der Waals surface area (Å²) in [6.45, 7) is 0. The monoisotopic (exact) mass is 782 g/mol. The van der Waals surface area contributed by atoms with Gasteiger partial charge in [-0.25, -0.2) is 9.59 Å². The number of esters is 2. The Labute approximate surface area is 340 Å². The van der Waals surface area contributed by atoms with Crippen LogP contribution in [0.4, 0.5) is 0 Å². The highest BCUT2D eigenvalue weighted by molar-refractivity contribution is 6.13. The van der Waals surface area contributed by atoms with Gasteiger partial charge in [-0.3, -0.25) is 9.59 Å². The number of ether oxygens (including phenoxy) is 3. The molecule has 0 saturated carbocycles. The molecule has 0 aliphatic rings. The van der Waals surface area contributed by atoms with Crippen LogP contribution in [-0.4, -0.2) is 47.9 Å². The van der Waals surface area contributed by atoms with Crippen LogP contribution >= 0.6 is 0 Å². The minimum atomic E-state index is -0.644. The maximum Gasteiger partial charge on any atom is 0.346 e. The van der Waals surface area contributed by atoms with Crippen molar-refractivity contribution in [3.05, 3.63) is 215 Å². The molecule has 9 nitrogen and oxygen atoms in total. The van der Waals surface area contributed by atoms with Crippen LogP contribution < -0.4 is 9.47 Å². The van der Waals surface area contributed by atoms with Gasteiger partial charge in [-0.15, -0.1) is 0 Å². The minimum absolute atomic E-state index is 0.0711. The van der Waals surface area contributed by atoms with Gasteiger partial charge in [0.15, 0.2) is 11.6 Å². The number of phenolic OH excluding ortho intramolecular Hbond substituents is 2. The zero-order chi connectivity index (χ0) is 41.7. The van der Waals surface area contributed by atoms with E-state index < -0.39 is 11.9 Å². The van der Waals surface area contributed by atoms with Gasteiger partial charge in [0, 0.05) is 23.3 Å². The lowest BCUT2D eigenvalue weighted by atomic mass is 10.0. The van der Waals surface area contributed by atoms with Crippen LogP contribution in [0.2, 0.25) is 0 Å². The van der Waals surface area contributed by atoms with Crippen LogP contribution in [0.3, 0.4) is 0 Å². The number of benzene rings is 8. The third-order valence-corrected chi connectivity index (χ3v) is 9.18. The van der Waals surface area contributed by atoms with E-state index in [1.807, 2.05) is 72.8 Å². The summed E-state index contributed by atoms with van der Waals surface area (Å²) in [5.74, 6) is -0.795. The summed E-state index contributed by atoms with van der Waals surface area (Å²) in [6.07, 6.45) is 0. The first-order valence-electron chi connectivity index (χ1n) is 18.3. The van der Waals surface area contributed by atoms with Gasteiger partial charge in [-0.2, -0.15) is 0 Å². The fraction of sp³-hybridized carbons (Fsp3) is 0.0400. The Morgan fingerprint density at radius 1 is 0.390 bits per heavy atom. The number of phenols is 2. The molecule has 0 unspecified atom stereocenters. The molecule has 0 aromatic heterocycles. The van der Waals surface area contributed by atoms with E-state index in [4.69, 9.17) is 14.2 Å². The number of hydrogen-bond acceptors (Lipinski definition) is 9. The highest BCUT2D eigenvalue weighted by Gasteiger charge is 2.19. The fourth-order valence-electron chi connectivity index (χ4n) is 6.15. The predicted octanol–water partition coefficient (Wildman–Crippen LogP) is 10.3. The van der Waals surface area contributed by atoms with Gasteiger partial charge in [-0.1, -0.05) is 133 Å². The second-order valence-corrected chi connectivity index (χ2v) is 12.9. The van der Waals surface area contributed by atoms with Crippen molar-refractivity contribution >= 4 is 45.0 Å². The molecule has 292 valence electrons. The average Bonchev–Trinajstić information content (AvgIpc) is 3.29. The van der Waals surface area contributed by atoms with Crippen molar-refractivity contribution < 1.29 is 43.6 Å². The van der Waals surface area contributed by atoms with Gasteiger partial charge in [0.05, 0.1) is 36.5 Å². The Morgan fingerprint density at radius 2 is 0.746 bits per heavy atom. The van der Waals surface area contributed by atoms with Crippen LogP contribution in [0.5, 0.6) is 23.0 Å². The molecular formula is C50H38O9. The second-order valence-electron chi connectivity index (χ2n) is 12.9. The van der Waals surface area contributed by atoms with Crippen molar-refractivity contribution in [3.8, 4) is 23.0 Å². The number of ketones is 2. The van der Waals surface area contributed by atoms with E-state index in [0.717, 1.165) is 21.5 Å². The Bertz CT molecular complexity index is 2560. The predicted molar refractivity (Wildman–Crippen MR) is 227 cm³/mol. The number of methoxy groups -OCH3 is 2. The number of fused-ring (bicyclic) bond motifs is 2. The van der Waals surface area contributed by atoms with Gasteiger partial charge in [-0.05, 0) is 57.9 Å². The van der Waals surface area contributed by atoms with Crippen molar-refractivity contribution in [2.24, 2.45) is 0 Å². The summed E-state index contributed by atoms with van der Waals surface area (Å²) >= 11 is 0. The Balaban J connectivity index is 0.000000154. The van der Waals surface area contributed by atoms with E-state index in [-0.39, 0.29) is 34.2 Å². The molecule has 8 aromatic rings. The van der Waals surface area contributed by atoms with E-state index in [1.54, 1.807) is 97.1 Å². The van der Waals surface area contributed by atoms with Gasteiger partial charge in [0.2, 0.25) is 0 Å². The molecule has 59 heavy (non-hydrogen) atoms. The summed E-state index contributed by atoms with van der Waals surface area (Å²) in [6, 6.07) is 52.7. The average molecular weight is 783 g/mol. The zero-order valence-corrected chi connectivity index (χ0v) is 32.1. The highest BCUT2D eigenvalue weighted by Crippen LogP contribution is 2.27. The van der Waals surface area contributed by atoms with Crippen molar-refractivity contribution in [1.82, 2.24) is 0 Å². The molecule has 8 aromatic carbocycles. The number of hydrogen-bond donors (Lipinski definition) is 2. The maximum absolute atomic E-state index is 12.5. The van der Waals surface area contributed by atoms with Gasteiger partial charge in [0.25, 0.3) is 0 Å². The topological polar surface area (TPSA) is 136 Å². The fourth-order valence-corrected chi connectivity index (χ4v) is 6.15. The number of rotatable bonds is 8. The van der Waals surface area contributed by atoms with Crippen LogP contribution in [-0.2, 0) is 4.74 Å². The van der Waals surface area contributed by atoms with Crippen molar-refractivity contribution in [2.45, 2.75) is 0 Å². The summed E-state index contributed by atoms with van der Waals surface area (Å²) in [4.78, 5) is 49.2. The quantitative estimate of drug-likeness (QED) is 0.0877. The largest absolute Gasteiger partial charge is 0.507 e. The lowest BCUT2D eigenvalue weighted by Crippen LogP contribution is -2.13. The molecule has 0 amide bonds. The Hall–Kier alpha value is -8.04.